The van der Waals surface area contributed by atoms with E-state index in [1.807, 2.05) is 16.8 Å². The molecule has 2 N–H and O–H groups in total. The van der Waals surface area contributed by atoms with Crippen molar-refractivity contribution in [2.45, 2.75) is 32.7 Å². The lowest BCUT2D eigenvalue weighted by Crippen LogP contribution is -2.34. The second kappa shape index (κ2) is 6.19. The lowest BCUT2D eigenvalue weighted by molar-refractivity contribution is -0.146. The van der Waals surface area contributed by atoms with Gasteiger partial charge in [0.2, 0.25) is 5.91 Å². The average molecular weight is 281 g/mol. The summed E-state index contributed by atoms with van der Waals surface area (Å²) in [5.41, 5.74) is 1.07. The van der Waals surface area contributed by atoms with Gasteiger partial charge in [-0.15, -0.1) is 0 Å². The van der Waals surface area contributed by atoms with Gasteiger partial charge in [0.05, 0.1) is 11.8 Å². The molecule has 0 radical (unpaired) electrons. The Morgan fingerprint density at radius 3 is 2.74 bits per heavy atom. The number of carbonyl (C=O) groups is 2. The van der Waals surface area contributed by atoms with Crippen LogP contribution in [0.2, 0.25) is 0 Å². The first-order valence-electron chi connectivity index (χ1n) is 6.63. The van der Waals surface area contributed by atoms with Gasteiger partial charge in [-0.3, -0.25) is 9.59 Å². The van der Waals surface area contributed by atoms with Crippen LogP contribution in [-0.2, 0) is 16.1 Å². The molecule has 0 spiro atoms. The molecule has 1 aliphatic carbocycles. The predicted molar refractivity (Wildman–Crippen MR) is 73.8 cm³/mol. The molecular weight excluding hydrogens is 262 g/mol. The smallest absolute Gasteiger partial charge is 0.307 e. The van der Waals surface area contributed by atoms with E-state index in [1.165, 1.54) is 0 Å². The first-order valence-corrected chi connectivity index (χ1v) is 7.57. The van der Waals surface area contributed by atoms with Crippen molar-refractivity contribution in [3.8, 4) is 0 Å². The van der Waals surface area contributed by atoms with Crippen molar-refractivity contribution in [2.75, 3.05) is 0 Å². The van der Waals surface area contributed by atoms with Gasteiger partial charge in [-0.25, -0.2) is 0 Å². The van der Waals surface area contributed by atoms with Gasteiger partial charge in [0.1, 0.15) is 0 Å². The maximum absolute atomic E-state index is 12.1. The lowest BCUT2D eigenvalue weighted by atomic mass is 9.95. The van der Waals surface area contributed by atoms with E-state index >= 15 is 0 Å². The van der Waals surface area contributed by atoms with Crippen LogP contribution in [-0.4, -0.2) is 17.0 Å². The summed E-state index contributed by atoms with van der Waals surface area (Å²) in [6.07, 6.45) is 2.27. The van der Waals surface area contributed by atoms with Crippen LogP contribution in [0.4, 0.5) is 0 Å². The number of thiophene rings is 1. The van der Waals surface area contributed by atoms with Crippen LogP contribution in [0, 0.1) is 17.8 Å². The molecular formula is C14H19NO3S. The average Bonchev–Trinajstić information content (AvgIpc) is 3.04. The number of carboxylic acids is 1. The van der Waals surface area contributed by atoms with Crippen LogP contribution in [0.15, 0.2) is 16.8 Å². The van der Waals surface area contributed by atoms with Crippen molar-refractivity contribution in [3.63, 3.8) is 0 Å². The fraction of sp³-hybridized carbons (Fsp3) is 0.571. The maximum atomic E-state index is 12.1. The monoisotopic (exact) mass is 281 g/mol. The Bertz CT molecular complexity index is 444. The van der Waals surface area contributed by atoms with Crippen molar-refractivity contribution in [1.82, 2.24) is 5.32 Å². The molecule has 19 heavy (non-hydrogen) atoms. The third-order valence-corrected chi connectivity index (χ3v) is 4.67. The molecule has 1 amide bonds. The Hall–Kier alpha value is -1.36. The molecule has 1 aromatic heterocycles. The topological polar surface area (TPSA) is 66.4 Å². The highest BCUT2D eigenvalue weighted by molar-refractivity contribution is 7.07. The summed E-state index contributed by atoms with van der Waals surface area (Å²) in [7, 11) is 0. The molecule has 104 valence electrons. The number of hydrogen-bond donors (Lipinski definition) is 2. The van der Waals surface area contributed by atoms with Crippen LogP contribution < -0.4 is 5.32 Å². The number of nitrogens with one attached hydrogen (secondary N) is 1. The minimum Gasteiger partial charge on any atom is -0.481 e. The molecule has 0 aliphatic heterocycles. The number of aliphatic carboxylic acids is 1. The number of amides is 1. The van der Waals surface area contributed by atoms with E-state index in [0.29, 0.717) is 25.3 Å². The maximum Gasteiger partial charge on any atom is 0.307 e. The molecule has 1 fully saturated rings. The highest BCUT2D eigenvalue weighted by Gasteiger charge is 2.41. The summed E-state index contributed by atoms with van der Waals surface area (Å²) in [6, 6.07) is 1.96. The fourth-order valence-corrected chi connectivity index (χ4v) is 3.42. The van der Waals surface area contributed by atoms with E-state index in [2.05, 4.69) is 12.2 Å². The van der Waals surface area contributed by atoms with Gasteiger partial charge in [0.15, 0.2) is 0 Å². The first-order chi connectivity index (χ1) is 9.11. The highest BCUT2D eigenvalue weighted by atomic mass is 32.1. The van der Waals surface area contributed by atoms with Gasteiger partial charge in [-0.1, -0.05) is 13.3 Å². The van der Waals surface area contributed by atoms with Gasteiger partial charge in [-0.05, 0) is 41.1 Å². The minimum atomic E-state index is -0.841. The Morgan fingerprint density at radius 2 is 2.16 bits per heavy atom. The largest absolute Gasteiger partial charge is 0.481 e. The third-order valence-electron chi connectivity index (χ3n) is 3.94. The molecule has 2 rings (SSSR count). The summed E-state index contributed by atoms with van der Waals surface area (Å²) in [6.45, 7) is 2.54. The van der Waals surface area contributed by atoms with Gasteiger partial charge in [0.25, 0.3) is 0 Å². The van der Waals surface area contributed by atoms with Crippen LogP contribution in [0.3, 0.4) is 0 Å². The molecule has 5 heteroatoms. The molecule has 3 unspecified atom stereocenters. The van der Waals surface area contributed by atoms with Crippen molar-refractivity contribution < 1.29 is 14.7 Å². The van der Waals surface area contributed by atoms with E-state index in [4.69, 9.17) is 0 Å². The van der Waals surface area contributed by atoms with Gasteiger partial charge in [-0.2, -0.15) is 11.3 Å². The number of carbonyl (C=O) groups excluding carboxylic acids is 1. The summed E-state index contributed by atoms with van der Waals surface area (Å²) in [5.74, 6) is -1.49. The zero-order chi connectivity index (χ0) is 13.8. The Kier molecular flexibility index (Phi) is 4.58. The predicted octanol–water partition coefficient (Wildman–Crippen LogP) is 2.50. The first kappa shape index (κ1) is 14.1. The molecule has 1 aromatic rings. The summed E-state index contributed by atoms with van der Waals surface area (Å²) in [5, 5.41) is 16.0. The molecule has 1 heterocycles. The minimum absolute atomic E-state index is 0.116. The summed E-state index contributed by atoms with van der Waals surface area (Å²) in [4.78, 5) is 23.4. The Labute approximate surface area is 116 Å². The molecule has 0 saturated heterocycles. The van der Waals surface area contributed by atoms with Crippen molar-refractivity contribution in [3.05, 3.63) is 22.4 Å². The Morgan fingerprint density at radius 1 is 1.42 bits per heavy atom. The second-order valence-corrected chi connectivity index (χ2v) is 5.93. The van der Waals surface area contributed by atoms with E-state index in [9.17, 15) is 14.7 Å². The lowest BCUT2D eigenvalue weighted by Gasteiger charge is -2.15. The molecule has 1 aliphatic rings. The summed E-state index contributed by atoms with van der Waals surface area (Å²) < 4.78 is 0. The van der Waals surface area contributed by atoms with E-state index in [1.54, 1.807) is 11.3 Å². The number of hydrogen-bond acceptors (Lipinski definition) is 3. The van der Waals surface area contributed by atoms with Crippen LogP contribution >= 0.6 is 11.3 Å². The normalized spacial score (nSPS) is 26.3. The van der Waals surface area contributed by atoms with Gasteiger partial charge < -0.3 is 10.4 Å². The van der Waals surface area contributed by atoms with E-state index in [-0.39, 0.29) is 11.8 Å². The zero-order valence-corrected chi connectivity index (χ0v) is 11.8. The Balaban J connectivity index is 1.94. The molecule has 0 bridgehead atoms. The zero-order valence-electron chi connectivity index (χ0n) is 11.0. The standard InChI is InChI=1S/C14H19NO3S/c1-2-9-5-11(12(6-9)14(17)18)13(16)15-7-10-3-4-19-8-10/h3-4,8-9,11-12H,2,5-7H2,1H3,(H,15,16)(H,17,18). The molecule has 4 nitrogen and oxygen atoms in total. The molecule has 3 atom stereocenters. The van der Waals surface area contributed by atoms with E-state index in [0.717, 1.165) is 12.0 Å². The molecule has 0 aromatic carbocycles. The van der Waals surface area contributed by atoms with Crippen molar-refractivity contribution in [2.24, 2.45) is 17.8 Å². The number of rotatable bonds is 5. The highest BCUT2D eigenvalue weighted by Crippen LogP contribution is 2.38. The van der Waals surface area contributed by atoms with Crippen molar-refractivity contribution in [1.29, 1.82) is 0 Å². The van der Waals surface area contributed by atoms with Crippen LogP contribution in [0.1, 0.15) is 31.7 Å². The fourth-order valence-electron chi connectivity index (χ4n) is 2.75. The summed E-state index contributed by atoms with van der Waals surface area (Å²) >= 11 is 1.59. The van der Waals surface area contributed by atoms with Gasteiger partial charge in [0, 0.05) is 6.54 Å². The van der Waals surface area contributed by atoms with Crippen LogP contribution in [0.25, 0.3) is 0 Å². The quantitative estimate of drug-likeness (QED) is 0.871. The number of carboxylic acid groups (broad SMARTS) is 1. The van der Waals surface area contributed by atoms with Crippen LogP contribution in [0.5, 0.6) is 0 Å². The SMILES string of the molecule is CCC1CC(C(=O)O)C(C(=O)NCc2ccsc2)C1. The third kappa shape index (κ3) is 3.35. The molecule has 1 saturated carbocycles. The second-order valence-electron chi connectivity index (χ2n) is 5.15. The van der Waals surface area contributed by atoms with Gasteiger partial charge >= 0.3 is 5.97 Å². The van der Waals surface area contributed by atoms with E-state index < -0.39 is 11.9 Å². The van der Waals surface area contributed by atoms with Crippen molar-refractivity contribution >= 4 is 23.2 Å².